The van der Waals surface area contributed by atoms with Gasteiger partial charge in [-0.05, 0) is 78.4 Å². The number of allylic oxidation sites excluding steroid dienone is 2. The highest BCUT2D eigenvalue weighted by atomic mass is 16.7. The summed E-state index contributed by atoms with van der Waals surface area (Å²) in [7, 11) is 4.16. The van der Waals surface area contributed by atoms with Crippen molar-refractivity contribution in [3.05, 3.63) is 24.3 Å². The second-order valence-electron chi connectivity index (χ2n) is 13.6. The van der Waals surface area contributed by atoms with Crippen molar-refractivity contribution in [3.63, 3.8) is 0 Å². The van der Waals surface area contributed by atoms with E-state index in [0.717, 1.165) is 109 Å². The van der Waals surface area contributed by atoms with Crippen molar-refractivity contribution in [1.82, 2.24) is 4.90 Å². The number of rotatable bonds is 37. The molecule has 0 spiro atoms. The summed E-state index contributed by atoms with van der Waals surface area (Å²) >= 11 is 0. The molecule has 0 aliphatic heterocycles. The number of hydrogen-bond acceptors (Lipinski definition) is 7. The number of nitrogens with zero attached hydrogens (tertiary/aromatic N) is 1. The van der Waals surface area contributed by atoms with Gasteiger partial charge in [0.1, 0.15) is 20.0 Å². The lowest BCUT2D eigenvalue weighted by Crippen LogP contribution is -2.18. The Morgan fingerprint density at radius 2 is 1.02 bits per heavy atom. The van der Waals surface area contributed by atoms with Gasteiger partial charge in [0.25, 0.3) is 0 Å². The first-order valence-electron chi connectivity index (χ1n) is 19.9. The molecule has 7 heteroatoms. The SMILES string of the molecule is CCCCCC/C=C\COC(=O)CCCCCCCC(CCCCCCCC(=O)OC/C=C\CCCCCC)OCOCCCN(C)C. The number of unbranched alkanes of at least 4 members (excludes halogenated alkanes) is 16. The minimum Gasteiger partial charge on any atom is -0.461 e. The first-order chi connectivity index (χ1) is 23.5. The van der Waals surface area contributed by atoms with E-state index in [1.54, 1.807) is 0 Å². The van der Waals surface area contributed by atoms with Crippen LogP contribution in [0.15, 0.2) is 24.3 Å². The van der Waals surface area contributed by atoms with E-state index < -0.39 is 0 Å². The average Bonchev–Trinajstić information content (AvgIpc) is 3.07. The van der Waals surface area contributed by atoms with Crippen LogP contribution in [0.3, 0.4) is 0 Å². The van der Waals surface area contributed by atoms with E-state index in [2.05, 4.69) is 45.0 Å². The van der Waals surface area contributed by atoms with Crippen LogP contribution in [0.25, 0.3) is 0 Å². The Morgan fingerprint density at radius 1 is 0.562 bits per heavy atom. The molecule has 0 rings (SSSR count). The van der Waals surface area contributed by atoms with E-state index in [0.29, 0.717) is 32.8 Å². The largest absolute Gasteiger partial charge is 0.461 e. The van der Waals surface area contributed by atoms with Gasteiger partial charge in [0.2, 0.25) is 0 Å². The average molecular weight is 680 g/mol. The molecular formula is C41H77NO6. The fourth-order valence-corrected chi connectivity index (χ4v) is 5.52. The van der Waals surface area contributed by atoms with Crippen molar-refractivity contribution < 1.29 is 28.5 Å². The Balaban J connectivity index is 4.03. The molecule has 0 heterocycles. The summed E-state index contributed by atoms with van der Waals surface area (Å²) < 4.78 is 22.6. The molecule has 0 N–H and O–H groups in total. The Bertz CT molecular complexity index is 701. The van der Waals surface area contributed by atoms with Crippen LogP contribution in [0.2, 0.25) is 0 Å². The second kappa shape index (κ2) is 38.1. The lowest BCUT2D eigenvalue weighted by atomic mass is 10.0. The Kier molecular flexibility index (Phi) is 36.8. The number of esters is 2. The van der Waals surface area contributed by atoms with Gasteiger partial charge in [-0.2, -0.15) is 0 Å². The molecule has 0 amide bonds. The predicted octanol–water partition coefficient (Wildman–Crippen LogP) is 10.9. The van der Waals surface area contributed by atoms with Crippen LogP contribution in [-0.4, -0.2) is 70.2 Å². The van der Waals surface area contributed by atoms with E-state index >= 15 is 0 Å². The van der Waals surface area contributed by atoms with Crippen LogP contribution in [0.4, 0.5) is 0 Å². The molecule has 0 atom stereocenters. The highest BCUT2D eigenvalue weighted by Crippen LogP contribution is 2.17. The van der Waals surface area contributed by atoms with Crippen LogP contribution in [0.1, 0.15) is 174 Å². The van der Waals surface area contributed by atoms with Crippen LogP contribution < -0.4 is 0 Å². The lowest BCUT2D eigenvalue weighted by molar-refractivity contribution is -0.143. The number of hydrogen-bond donors (Lipinski definition) is 0. The Morgan fingerprint density at radius 3 is 1.50 bits per heavy atom. The lowest BCUT2D eigenvalue weighted by Gasteiger charge is -2.18. The van der Waals surface area contributed by atoms with Gasteiger partial charge in [0, 0.05) is 12.8 Å². The third-order valence-corrected chi connectivity index (χ3v) is 8.56. The van der Waals surface area contributed by atoms with Crippen molar-refractivity contribution in [1.29, 1.82) is 0 Å². The zero-order valence-corrected chi connectivity index (χ0v) is 32.0. The number of ether oxygens (including phenoxy) is 4. The Hall–Kier alpha value is -1.70. The quantitative estimate of drug-likeness (QED) is 0.0280. The third-order valence-electron chi connectivity index (χ3n) is 8.56. The van der Waals surface area contributed by atoms with Gasteiger partial charge in [0.05, 0.1) is 12.7 Å². The standard InChI is InChI=1S/C41H77NO6/c1-5-7-9-11-13-21-27-36-46-40(43)32-25-19-15-17-23-30-39(48-38-45-35-29-34-42(3)4)31-24-18-16-20-26-33-41(44)47-37-28-22-14-12-10-8-6-2/h21-22,27-28,39H,5-20,23-26,29-38H2,1-4H3/b27-21-,28-22-. The molecule has 0 bridgehead atoms. The summed E-state index contributed by atoms with van der Waals surface area (Å²) in [5, 5.41) is 0. The molecule has 282 valence electrons. The zero-order chi connectivity index (χ0) is 35.2. The molecule has 48 heavy (non-hydrogen) atoms. The molecule has 0 aromatic carbocycles. The van der Waals surface area contributed by atoms with Gasteiger partial charge in [-0.15, -0.1) is 0 Å². The Labute approximate surface area is 296 Å². The molecule has 0 aromatic rings. The second-order valence-corrected chi connectivity index (χ2v) is 13.6. The summed E-state index contributed by atoms with van der Waals surface area (Å²) in [4.78, 5) is 26.1. The van der Waals surface area contributed by atoms with Crippen molar-refractivity contribution in [2.45, 2.75) is 180 Å². The summed E-state index contributed by atoms with van der Waals surface area (Å²) in [6, 6.07) is 0. The first kappa shape index (κ1) is 46.3. The molecule has 0 aliphatic rings. The van der Waals surface area contributed by atoms with Gasteiger partial charge in [-0.1, -0.05) is 128 Å². The molecule has 0 radical (unpaired) electrons. The minimum absolute atomic E-state index is 0.0826. The maximum absolute atomic E-state index is 12.0. The van der Waals surface area contributed by atoms with Gasteiger partial charge < -0.3 is 23.8 Å². The summed E-state index contributed by atoms with van der Waals surface area (Å²) in [6.07, 6.45) is 35.6. The van der Waals surface area contributed by atoms with E-state index in [4.69, 9.17) is 18.9 Å². The normalized spacial score (nSPS) is 11.9. The van der Waals surface area contributed by atoms with Crippen molar-refractivity contribution in [3.8, 4) is 0 Å². The predicted molar refractivity (Wildman–Crippen MR) is 201 cm³/mol. The summed E-state index contributed by atoms with van der Waals surface area (Å²) in [5.74, 6) is -0.165. The molecular weight excluding hydrogens is 602 g/mol. The van der Waals surface area contributed by atoms with Crippen LogP contribution in [-0.2, 0) is 28.5 Å². The fraction of sp³-hybridized carbons (Fsp3) is 0.854. The van der Waals surface area contributed by atoms with Gasteiger partial charge >= 0.3 is 11.9 Å². The molecule has 0 aliphatic carbocycles. The zero-order valence-electron chi connectivity index (χ0n) is 32.0. The highest BCUT2D eigenvalue weighted by molar-refractivity contribution is 5.69. The minimum atomic E-state index is -0.0826. The fourth-order valence-electron chi connectivity index (χ4n) is 5.52. The van der Waals surface area contributed by atoms with Gasteiger partial charge in [-0.3, -0.25) is 9.59 Å². The maximum atomic E-state index is 12.0. The molecule has 7 nitrogen and oxygen atoms in total. The number of carbonyl (C=O) groups excluding carboxylic acids is 2. The smallest absolute Gasteiger partial charge is 0.306 e. The summed E-state index contributed by atoms with van der Waals surface area (Å²) in [6.45, 7) is 7.36. The van der Waals surface area contributed by atoms with E-state index in [-0.39, 0.29) is 18.0 Å². The molecule has 0 unspecified atom stereocenters. The highest BCUT2D eigenvalue weighted by Gasteiger charge is 2.10. The van der Waals surface area contributed by atoms with E-state index in [1.807, 2.05) is 12.2 Å². The van der Waals surface area contributed by atoms with Gasteiger partial charge in [-0.25, -0.2) is 0 Å². The summed E-state index contributed by atoms with van der Waals surface area (Å²) in [5.41, 5.74) is 0. The van der Waals surface area contributed by atoms with Gasteiger partial charge in [0.15, 0.2) is 0 Å². The van der Waals surface area contributed by atoms with Crippen molar-refractivity contribution in [2.24, 2.45) is 0 Å². The van der Waals surface area contributed by atoms with Crippen LogP contribution >= 0.6 is 0 Å². The van der Waals surface area contributed by atoms with Crippen LogP contribution in [0, 0.1) is 0 Å². The van der Waals surface area contributed by atoms with E-state index in [9.17, 15) is 9.59 Å². The molecule has 0 aromatic heterocycles. The maximum Gasteiger partial charge on any atom is 0.306 e. The topological polar surface area (TPSA) is 74.3 Å². The molecule has 0 saturated carbocycles. The van der Waals surface area contributed by atoms with Crippen LogP contribution in [0.5, 0.6) is 0 Å². The van der Waals surface area contributed by atoms with E-state index in [1.165, 1.54) is 51.4 Å². The van der Waals surface area contributed by atoms with Crippen molar-refractivity contribution in [2.75, 3.05) is 47.3 Å². The first-order valence-corrected chi connectivity index (χ1v) is 19.9. The van der Waals surface area contributed by atoms with Crippen molar-refractivity contribution >= 4 is 11.9 Å². The number of carbonyl (C=O) groups is 2. The monoisotopic (exact) mass is 680 g/mol. The molecule has 0 saturated heterocycles. The molecule has 0 fully saturated rings. The third kappa shape index (κ3) is 37.1.